The normalized spacial score (nSPS) is 22.1. The van der Waals surface area contributed by atoms with Crippen molar-refractivity contribution in [3.63, 3.8) is 0 Å². The Morgan fingerprint density at radius 2 is 2.28 bits per heavy atom. The first-order valence-electron chi connectivity index (χ1n) is 6.22. The second kappa shape index (κ2) is 5.49. The first-order chi connectivity index (χ1) is 8.61. The van der Waals surface area contributed by atoms with Crippen LogP contribution in [0.5, 0.6) is 0 Å². The van der Waals surface area contributed by atoms with E-state index in [4.69, 9.17) is 0 Å². The molecule has 1 aliphatic heterocycles. The molecule has 0 saturated carbocycles. The van der Waals surface area contributed by atoms with Crippen LogP contribution in [0.2, 0.25) is 0 Å². The fourth-order valence-corrected chi connectivity index (χ4v) is 2.27. The van der Waals surface area contributed by atoms with E-state index in [-0.39, 0.29) is 11.9 Å². The van der Waals surface area contributed by atoms with E-state index in [2.05, 4.69) is 20.1 Å². The number of nitrogens with zero attached hydrogens (tertiary/aromatic N) is 4. The summed E-state index contributed by atoms with van der Waals surface area (Å²) in [6.07, 6.45) is 3.75. The SMILES string of the molecule is CNC(=O)C1CN(Cc2nccn2C)CCN1C. The van der Waals surface area contributed by atoms with Crippen molar-refractivity contribution in [3.8, 4) is 0 Å². The minimum absolute atomic E-state index is 0.0657. The van der Waals surface area contributed by atoms with Gasteiger partial charge in [-0.15, -0.1) is 0 Å². The quantitative estimate of drug-likeness (QED) is 0.770. The first-order valence-corrected chi connectivity index (χ1v) is 6.22. The lowest BCUT2D eigenvalue weighted by Crippen LogP contribution is -2.56. The van der Waals surface area contributed by atoms with Crippen molar-refractivity contribution in [1.82, 2.24) is 24.7 Å². The highest BCUT2D eigenvalue weighted by atomic mass is 16.2. The highest BCUT2D eigenvalue weighted by Crippen LogP contribution is 2.11. The Hall–Kier alpha value is -1.40. The zero-order chi connectivity index (χ0) is 13.1. The lowest BCUT2D eigenvalue weighted by molar-refractivity contribution is -0.127. The first kappa shape index (κ1) is 13.0. The molecule has 0 aliphatic carbocycles. The molecule has 0 bridgehead atoms. The minimum Gasteiger partial charge on any atom is -0.358 e. The second-order valence-electron chi connectivity index (χ2n) is 4.80. The molecule has 1 amide bonds. The summed E-state index contributed by atoms with van der Waals surface area (Å²) in [5, 5.41) is 2.73. The van der Waals surface area contributed by atoms with E-state index in [1.807, 2.05) is 31.1 Å². The maximum atomic E-state index is 11.8. The molecular formula is C12H21N5O. The zero-order valence-electron chi connectivity index (χ0n) is 11.3. The Kier molecular flexibility index (Phi) is 3.98. The van der Waals surface area contributed by atoms with Gasteiger partial charge in [0.25, 0.3) is 0 Å². The Labute approximate surface area is 108 Å². The Morgan fingerprint density at radius 1 is 1.50 bits per heavy atom. The molecule has 1 unspecified atom stereocenters. The van der Waals surface area contributed by atoms with Gasteiger partial charge in [0.1, 0.15) is 11.9 Å². The predicted molar refractivity (Wildman–Crippen MR) is 69.0 cm³/mol. The number of carbonyl (C=O) groups excluding carboxylic acids is 1. The summed E-state index contributed by atoms with van der Waals surface area (Å²) < 4.78 is 2.02. The molecule has 6 nitrogen and oxygen atoms in total. The fourth-order valence-electron chi connectivity index (χ4n) is 2.27. The van der Waals surface area contributed by atoms with Gasteiger partial charge in [-0.1, -0.05) is 0 Å². The maximum absolute atomic E-state index is 11.8. The molecule has 1 aromatic rings. The number of rotatable bonds is 3. The molecule has 0 spiro atoms. The summed E-state index contributed by atoms with van der Waals surface area (Å²) >= 11 is 0. The molecule has 2 rings (SSSR count). The van der Waals surface area contributed by atoms with E-state index in [0.29, 0.717) is 0 Å². The molecule has 1 atom stereocenters. The van der Waals surface area contributed by atoms with Crippen molar-refractivity contribution in [2.75, 3.05) is 33.7 Å². The van der Waals surface area contributed by atoms with Crippen LogP contribution in [0, 0.1) is 0 Å². The zero-order valence-corrected chi connectivity index (χ0v) is 11.3. The van der Waals surface area contributed by atoms with Crippen LogP contribution < -0.4 is 5.32 Å². The number of hydrogen-bond acceptors (Lipinski definition) is 4. The van der Waals surface area contributed by atoms with E-state index >= 15 is 0 Å². The number of aromatic nitrogens is 2. The number of carbonyl (C=O) groups is 1. The number of likely N-dealkylation sites (N-methyl/N-ethyl adjacent to an activating group) is 2. The van der Waals surface area contributed by atoms with Crippen molar-refractivity contribution in [1.29, 1.82) is 0 Å². The molecule has 1 aromatic heterocycles. The van der Waals surface area contributed by atoms with Gasteiger partial charge in [0, 0.05) is 46.1 Å². The van der Waals surface area contributed by atoms with E-state index in [9.17, 15) is 4.79 Å². The third-order valence-electron chi connectivity index (χ3n) is 3.57. The lowest BCUT2D eigenvalue weighted by atomic mass is 10.1. The fraction of sp³-hybridized carbons (Fsp3) is 0.667. The molecule has 0 aromatic carbocycles. The molecular weight excluding hydrogens is 230 g/mol. The molecule has 100 valence electrons. The Bertz CT molecular complexity index is 416. The van der Waals surface area contributed by atoms with Crippen LogP contribution in [0.1, 0.15) is 5.82 Å². The Balaban J connectivity index is 1.99. The third kappa shape index (κ3) is 2.70. The van der Waals surface area contributed by atoms with Gasteiger partial charge in [0.2, 0.25) is 5.91 Å². The monoisotopic (exact) mass is 251 g/mol. The summed E-state index contributed by atoms with van der Waals surface area (Å²) in [6.45, 7) is 3.42. The summed E-state index contributed by atoms with van der Waals surface area (Å²) in [5.74, 6) is 1.12. The van der Waals surface area contributed by atoms with Gasteiger partial charge in [0.15, 0.2) is 0 Å². The van der Waals surface area contributed by atoms with Crippen molar-refractivity contribution < 1.29 is 4.79 Å². The maximum Gasteiger partial charge on any atom is 0.238 e. The molecule has 0 radical (unpaired) electrons. The highest BCUT2D eigenvalue weighted by molar-refractivity contribution is 5.81. The largest absolute Gasteiger partial charge is 0.358 e. The second-order valence-corrected chi connectivity index (χ2v) is 4.80. The Morgan fingerprint density at radius 3 is 2.89 bits per heavy atom. The molecule has 6 heteroatoms. The van der Waals surface area contributed by atoms with Gasteiger partial charge in [-0.2, -0.15) is 0 Å². The van der Waals surface area contributed by atoms with Gasteiger partial charge in [-0.25, -0.2) is 4.98 Å². The van der Waals surface area contributed by atoms with Crippen LogP contribution in [0.25, 0.3) is 0 Å². The van der Waals surface area contributed by atoms with Crippen LogP contribution in [0.4, 0.5) is 0 Å². The number of hydrogen-bond donors (Lipinski definition) is 1. The number of nitrogens with one attached hydrogen (secondary N) is 1. The molecule has 1 N–H and O–H groups in total. The number of amides is 1. The average Bonchev–Trinajstić information content (AvgIpc) is 2.76. The summed E-state index contributed by atoms with van der Waals surface area (Å²) in [5.41, 5.74) is 0. The van der Waals surface area contributed by atoms with Crippen molar-refractivity contribution in [2.24, 2.45) is 7.05 Å². The number of aryl methyl sites for hydroxylation is 1. The van der Waals surface area contributed by atoms with Gasteiger partial charge in [0.05, 0.1) is 6.54 Å². The minimum atomic E-state index is -0.0657. The van der Waals surface area contributed by atoms with Gasteiger partial charge < -0.3 is 9.88 Å². The van der Waals surface area contributed by atoms with Crippen LogP contribution in [0.15, 0.2) is 12.4 Å². The molecule has 2 heterocycles. The molecule has 1 saturated heterocycles. The van der Waals surface area contributed by atoms with E-state index < -0.39 is 0 Å². The smallest absolute Gasteiger partial charge is 0.238 e. The van der Waals surface area contributed by atoms with E-state index in [1.54, 1.807) is 7.05 Å². The van der Waals surface area contributed by atoms with E-state index in [0.717, 1.165) is 32.0 Å². The number of piperazine rings is 1. The van der Waals surface area contributed by atoms with Gasteiger partial charge in [-0.05, 0) is 7.05 Å². The van der Waals surface area contributed by atoms with Gasteiger partial charge in [-0.3, -0.25) is 14.6 Å². The summed E-state index contributed by atoms with van der Waals surface area (Å²) in [6, 6.07) is -0.0657. The van der Waals surface area contributed by atoms with Crippen molar-refractivity contribution >= 4 is 5.91 Å². The molecule has 1 fully saturated rings. The third-order valence-corrected chi connectivity index (χ3v) is 3.57. The van der Waals surface area contributed by atoms with Crippen molar-refractivity contribution in [2.45, 2.75) is 12.6 Å². The van der Waals surface area contributed by atoms with Crippen LogP contribution in [-0.2, 0) is 18.4 Å². The highest BCUT2D eigenvalue weighted by Gasteiger charge is 2.29. The average molecular weight is 251 g/mol. The van der Waals surface area contributed by atoms with Crippen LogP contribution in [0.3, 0.4) is 0 Å². The molecule has 1 aliphatic rings. The lowest BCUT2D eigenvalue weighted by Gasteiger charge is -2.38. The molecule has 18 heavy (non-hydrogen) atoms. The van der Waals surface area contributed by atoms with Crippen molar-refractivity contribution in [3.05, 3.63) is 18.2 Å². The standard InChI is InChI=1S/C12H21N5O/c1-13-12(18)10-8-17(7-6-15(10)2)9-11-14-4-5-16(11)3/h4-5,10H,6-9H2,1-3H3,(H,13,18). The van der Waals surface area contributed by atoms with Crippen LogP contribution in [-0.4, -0.2) is 65.0 Å². The predicted octanol–water partition coefficient (Wildman–Crippen LogP) is -0.718. The van der Waals surface area contributed by atoms with Gasteiger partial charge >= 0.3 is 0 Å². The summed E-state index contributed by atoms with van der Waals surface area (Å²) in [7, 11) is 5.68. The number of imidazole rings is 1. The van der Waals surface area contributed by atoms with E-state index in [1.165, 1.54) is 0 Å². The summed E-state index contributed by atoms with van der Waals surface area (Å²) in [4.78, 5) is 20.5. The van der Waals surface area contributed by atoms with Crippen LogP contribution >= 0.6 is 0 Å². The topological polar surface area (TPSA) is 53.4 Å².